The van der Waals surface area contributed by atoms with E-state index in [4.69, 9.17) is 9.47 Å². The van der Waals surface area contributed by atoms with Gasteiger partial charge in [0, 0.05) is 12.1 Å². The first-order valence-electron chi connectivity index (χ1n) is 6.07. The molecule has 0 saturated heterocycles. The van der Waals surface area contributed by atoms with Crippen LogP contribution in [-0.4, -0.2) is 30.8 Å². The molecule has 5 heteroatoms. The van der Waals surface area contributed by atoms with Crippen LogP contribution in [0.15, 0.2) is 11.6 Å². The highest BCUT2D eigenvalue weighted by atomic mass is 16.6. The third-order valence-electron chi connectivity index (χ3n) is 1.86. The Bertz CT molecular complexity index is 315. The fraction of sp³-hybridized carbons (Fsp3) is 0.692. The largest absolute Gasteiger partial charge is 0.463 e. The van der Waals surface area contributed by atoms with E-state index < -0.39 is 11.7 Å². The number of hydrogen-bond acceptors (Lipinski definition) is 4. The summed E-state index contributed by atoms with van der Waals surface area (Å²) in [4.78, 5) is 22.6. The highest BCUT2D eigenvalue weighted by Gasteiger charge is 2.15. The topological polar surface area (TPSA) is 64.6 Å². The lowest BCUT2D eigenvalue weighted by atomic mass is 10.2. The molecule has 0 aromatic carbocycles. The number of nitrogens with one attached hydrogen (secondary N) is 1. The van der Waals surface area contributed by atoms with Crippen molar-refractivity contribution >= 4 is 12.1 Å². The molecule has 0 saturated carbocycles. The van der Waals surface area contributed by atoms with Crippen LogP contribution in [0.4, 0.5) is 4.79 Å². The molecule has 0 aromatic rings. The van der Waals surface area contributed by atoms with Gasteiger partial charge in [0.05, 0.1) is 6.61 Å². The van der Waals surface area contributed by atoms with E-state index in [1.807, 2.05) is 0 Å². The molecule has 0 bridgehead atoms. The zero-order valence-corrected chi connectivity index (χ0v) is 11.8. The number of carbonyl (C=O) groups is 2. The van der Waals surface area contributed by atoms with Crippen molar-refractivity contribution in [2.75, 3.05) is 13.2 Å². The minimum absolute atomic E-state index is 0.324. The van der Waals surface area contributed by atoms with Gasteiger partial charge in [-0.05, 0) is 41.0 Å². The normalized spacial score (nSPS) is 11.9. The molecule has 0 spiro atoms. The Morgan fingerprint density at radius 2 is 1.89 bits per heavy atom. The molecule has 1 amide bonds. The van der Waals surface area contributed by atoms with Crippen molar-refractivity contribution in [1.29, 1.82) is 0 Å². The van der Waals surface area contributed by atoms with Crippen LogP contribution >= 0.6 is 0 Å². The van der Waals surface area contributed by atoms with Crippen LogP contribution in [0.3, 0.4) is 0 Å². The van der Waals surface area contributed by atoms with Crippen LogP contribution in [0.25, 0.3) is 0 Å². The van der Waals surface area contributed by atoms with Gasteiger partial charge in [-0.2, -0.15) is 0 Å². The zero-order valence-electron chi connectivity index (χ0n) is 11.8. The van der Waals surface area contributed by atoms with Gasteiger partial charge in [0.25, 0.3) is 0 Å². The molecule has 0 fully saturated rings. The van der Waals surface area contributed by atoms with Crippen LogP contribution < -0.4 is 5.32 Å². The van der Waals surface area contributed by atoms with Gasteiger partial charge in [-0.15, -0.1) is 0 Å². The van der Waals surface area contributed by atoms with Crippen molar-refractivity contribution in [3.63, 3.8) is 0 Å². The Hall–Kier alpha value is -1.52. The zero-order chi connectivity index (χ0) is 14.2. The van der Waals surface area contributed by atoms with Crippen LogP contribution in [0.5, 0.6) is 0 Å². The second-order valence-corrected chi connectivity index (χ2v) is 4.82. The fourth-order valence-corrected chi connectivity index (χ4v) is 1.11. The summed E-state index contributed by atoms with van der Waals surface area (Å²) >= 11 is 0. The van der Waals surface area contributed by atoms with Gasteiger partial charge in [0.1, 0.15) is 5.60 Å². The average molecular weight is 257 g/mol. The number of hydrogen-bond donors (Lipinski definition) is 1. The second kappa shape index (κ2) is 7.74. The first kappa shape index (κ1) is 16.5. The van der Waals surface area contributed by atoms with E-state index in [1.54, 1.807) is 40.7 Å². The number of ether oxygens (including phenoxy) is 2. The minimum atomic E-state index is -0.499. The Morgan fingerprint density at radius 1 is 1.28 bits per heavy atom. The fourth-order valence-electron chi connectivity index (χ4n) is 1.11. The molecule has 0 heterocycles. The molecule has 104 valence electrons. The summed E-state index contributed by atoms with van der Waals surface area (Å²) < 4.78 is 9.90. The van der Waals surface area contributed by atoms with Gasteiger partial charge in [-0.1, -0.05) is 6.08 Å². The molecule has 0 aliphatic carbocycles. The summed E-state index contributed by atoms with van der Waals surface area (Å²) in [5.41, 5.74) is 0.0451. The van der Waals surface area contributed by atoms with Crippen molar-refractivity contribution in [2.45, 2.75) is 46.6 Å². The number of rotatable bonds is 5. The Balaban J connectivity index is 3.89. The number of amides is 1. The van der Waals surface area contributed by atoms with Crippen LogP contribution in [0, 0.1) is 0 Å². The number of esters is 1. The number of alkyl carbamates (subject to hydrolysis) is 1. The van der Waals surface area contributed by atoms with Crippen molar-refractivity contribution < 1.29 is 19.1 Å². The molecule has 0 aromatic heterocycles. The Morgan fingerprint density at radius 3 is 2.39 bits per heavy atom. The van der Waals surface area contributed by atoms with Crippen LogP contribution in [0.1, 0.15) is 41.0 Å². The van der Waals surface area contributed by atoms with Crippen molar-refractivity contribution in [1.82, 2.24) is 5.32 Å². The summed E-state index contributed by atoms with van der Waals surface area (Å²) in [7, 11) is 0. The monoisotopic (exact) mass is 257 g/mol. The molecule has 5 nitrogen and oxygen atoms in total. The molecule has 0 aliphatic rings. The maximum Gasteiger partial charge on any atom is 0.407 e. The lowest BCUT2D eigenvalue weighted by Gasteiger charge is -2.19. The Labute approximate surface area is 109 Å². The summed E-state index contributed by atoms with van der Waals surface area (Å²) in [6, 6.07) is 0. The molecule has 0 rings (SSSR count). The van der Waals surface area contributed by atoms with Crippen molar-refractivity contribution in [2.24, 2.45) is 0 Å². The molecular formula is C13H23NO4. The average Bonchev–Trinajstić information content (AvgIpc) is 2.21. The summed E-state index contributed by atoms with van der Waals surface area (Å²) in [5, 5.41) is 2.61. The van der Waals surface area contributed by atoms with Gasteiger partial charge in [0.15, 0.2) is 0 Å². The molecular weight excluding hydrogens is 234 g/mol. The van der Waals surface area contributed by atoms with Crippen molar-refractivity contribution in [3.8, 4) is 0 Å². The molecule has 0 atom stereocenters. The van der Waals surface area contributed by atoms with Crippen LogP contribution in [-0.2, 0) is 14.3 Å². The first-order valence-corrected chi connectivity index (χ1v) is 6.07. The number of carbonyl (C=O) groups excluding carboxylic acids is 2. The van der Waals surface area contributed by atoms with E-state index in [9.17, 15) is 9.59 Å². The van der Waals surface area contributed by atoms with E-state index in [-0.39, 0.29) is 5.97 Å². The summed E-state index contributed by atoms with van der Waals surface area (Å²) in [6.07, 6.45) is 1.84. The Kier molecular flexibility index (Phi) is 7.08. The van der Waals surface area contributed by atoms with E-state index in [1.165, 1.54) is 0 Å². The van der Waals surface area contributed by atoms with E-state index >= 15 is 0 Å². The molecule has 18 heavy (non-hydrogen) atoms. The van der Waals surface area contributed by atoms with Gasteiger partial charge < -0.3 is 14.8 Å². The smallest absolute Gasteiger partial charge is 0.407 e. The molecule has 0 aliphatic heterocycles. The van der Waals surface area contributed by atoms with E-state index in [2.05, 4.69) is 5.32 Å². The van der Waals surface area contributed by atoms with E-state index in [0.717, 1.165) is 0 Å². The van der Waals surface area contributed by atoms with Gasteiger partial charge in [0.2, 0.25) is 0 Å². The maximum atomic E-state index is 11.3. The standard InChI is InChI=1S/C13H23NO4/c1-6-17-11(15)10(2)8-7-9-14-12(16)18-13(3,4)5/h8H,6-7,9H2,1-5H3,(H,14,16)/b10-8+. The highest BCUT2D eigenvalue weighted by Crippen LogP contribution is 2.06. The molecule has 0 unspecified atom stereocenters. The quantitative estimate of drug-likeness (QED) is 0.466. The second-order valence-electron chi connectivity index (χ2n) is 4.82. The predicted molar refractivity (Wildman–Crippen MR) is 69.2 cm³/mol. The third kappa shape index (κ3) is 8.61. The lowest BCUT2D eigenvalue weighted by Crippen LogP contribution is -2.32. The molecule has 0 radical (unpaired) electrons. The highest BCUT2D eigenvalue weighted by molar-refractivity contribution is 5.87. The predicted octanol–water partition coefficient (Wildman–Crippen LogP) is 2.41. The first-order chi connectivity index (χ1) is 8.26. The van der Waals surface area contributed by atoms with Gasteiger partial charge in [-0.25, -0.2) is 9.59 Å². The summed E-state index contributed by atoms with van der Waals surface area (Å²) in [6.45, 7) is 9.64. The van der Waals surface area contributed by atoms with Gasteiger partial charge >= 0.3 is 12.1 Å². The SMILES string of the molecule is CCOC(=O)/C(C)=C/CCNC(=O)OC(C)(C)C. The van der Waals surface area contributed by atoms with Gasteiger partial charge in [-0.3, -0.25) is 0 Å². The van der Waals surface area contributed by atoms with Crippen LogP contribution in [0.2, 0.25) is 0 Å². The maximum absolute atomic E-state index is 11.3. The van der Waals surface area contributed by atoms with E-state index in [0.29, 0.717) is 25.1 Å². The van der Waals surface area contributed by atoms with Crippen molar-refractivity contribution in [3.05, 3.63) is 11.6 Å². The minimum Gasteiger partial charge on any atom is -0.463 e. The molecule has 1 N–H and O–H groups in total. The lowest BCUT2D eigenvalue weighted by molar-refractivity contribution is -0.138. The third-order valence-corrected chi connectivity index (χ3v) is 1.86. The summed E-state index contributed by atoms with van der Waals surface area (Å²) in [5.74, 6) is -0.324.